The predicted octanol–water partition coefficient (Wildman–Crippen LogP) is 4.70. The lowest BCUT2D eigenvalue weighted by molar-refractivity contribution is -0.139. The number of hydrogen-bond donors (Lipinski definition) is 0. The fraction of sp³-hybridized carbons (Fsp3) is 0.323. The van der Waals surface area contributed by atoms with E-state index in [-0.39, 0.29) is 12.2 Å². The van der Waals surface area contributed by atoms with Gasteiger partial charge in [-0.05, 0) is 61.7 Å². The highest BCUT2D eigenvalue weighted by atomic mass is 32.1. The SMILES string of the molecule is CCCC1=C(C(=O)OCC)[C@@H](c2c(OC)ccc3ccccc23)n2c(s/c(=C/c3cc(C)n(C)c3C)c2=O)=N1. The Hall–Kier alpha value is -3.91. The molecule has 0 aliphatic carbocycles. The van der Waals surface area contributed by atoms with Crippen LogP contribution in [0, 0.1) is 13.8 Å². The molecule has 4 aromatic rings. The zero-order valence-corrected chi connectivity index (χ0v) is 24.0. The Morgan fingerprint density at radius 1 is 1.15 bits per heavy atom. The van der Waals surface area contributed by atoms with Gasteiger partial charge in [-0.1, -0.05) is 55.0 Å². The summed E-state index contributed by atoms with van der Waals surface area (Å²) in [6.45, 7) is 8.14. The van der Waals surface area contributed by atoms with Crippen LogP contribution in [0.2, 0.25) is 0 Å². The van der Waals surface area contributed by atoms with Gasteiger partial charge in [-0.3, -0.25) is 9.36 Å². The molecule has 8 heteroatoms. The van der Waals surface area contributed by atoms with Gasteiger partial charge in [-0.15, -0.1) is 0 Å². The van der Waals surface area contributed by atoms with Crippen molar-refractivity contribution in [2.75, 3.05) is 13.7 Å². The fourth-order valence-electron chi connectivity index (χ4n) is 5.30. The summed E-state index contributed by atoms with van der Waals surface area (Å²) in [4.78, 5) is 33.3. The van der Waals surface area contributed by atoms with Crippen LogP contribution >= 0.6 is 11.3 Å². The molecule has 0 unspecified atom stereocenters. The number of thiazole rings is 1. The maximum absolute atomic E-state index is 14.2. The third kappa shape index (κ3) is 4.52. The van der Waals surface area contributed by atoms with Crippen molar-refractivity contribution in [3.8, 4) is 5.75 Å². The number of allylic oxidation sites excluding steroid dienone is 1. The van der Waals surface area contributed by atoms with E-state index < -0.39 is 12.0 Å². The molecule has 1 atom stereocenters. The topological polar surface area (TPSA) is 74.8 Å². The first-order valence-corrected chi connectivity index (χ1v) is 14.0. The van der Waals surface area contributed by atoms with Gasteiger partial charge < -0.3 is 14.0 Å². The second-order valence-electron chi connectivity index (χ2n) is 9.70. The number of methoxy groups -OCH3 is 1. The third-order valence-corrected chi connectivity index (χ3v) is 8.40. The Bertz CT molecular complexity index is 1810. The molecule has 0 saturated carbocycles. The molecule has 0 N–H and O–H groups in total. The Labute approximate surface area is 231 Å². The third-order valence-electron chi connectivity index (χ3n) is 7.42. The van der Waals surface area contributed by atoms with Crippen molar-refractivity contribution < 1.29 is 14.3 Å². The van der Waals surface area contributed by atoms with Crippen molar-refractivity contribution in [2.45, 2.75) is 46.6 Å². The van der Waals surface area contributed by atoms with Gasteiger partial charge in [0.05, 0.1) is 29.5 Å². The van der Waals surface area contributed by atoms with Crippen LogP contribution in [0.25, 0.3) is 16.8 Å². The number of aromatic nitrogens is 2. The largest absolute Gasteiger partial charge is 0.496 e. The molecule has 0 spiro atoms. The molecule has 0 bridgehead atoms. The molecule has 7 nitrogen and oxygen atoms in total. The highest BCUT2D eigenvalue weighted by Crippen LogP contribution is 2.41. The zero-order valence-electron chi connectivity index (χ0n) is 23.2. The van der Waals surface area contributed by atoms with Crippen molar-refractivity contribution in [2.24, 2.45) is 12.0 Å². The number of carbonyl (C=O) groups is 1. The number of esters is 1. The van der Waals surface area contributed by atoms with Gasteiger partial charge in [0.25, 0.3) is 5.56 Å². The number of rotatable bonds is 7. The van der Waals surface area contributed by atoms with Crippen LogP contribution in [0.1, 0.15) is 55.2 Å². The van der Waals surface area contributed by atoms with E-state index in [1.165, 1.54) is 11.3 Å². The van der Waals surface area contributed by atoms with Gasteiger partial charge in [-0.2, -0.15) is 0 Å². The van der Waals surface area contributed by atoms with E-state index in [0.717, 1.165) is 39.7 Å². The summed E-state index contributed by atoms with van der Waals surface area (Å²) in [6, 6.07) is 13.2. The summed E-state index contributed by atoms with van der Waals surface area (Å²) in [5.41, 5.74) is 4.76. The summed E-state index contributed by atoms with van der Waals surface area (Å²) in [5.74, 6) is 0.135. The Morgan fingerprint density at radius 3 is 2.59 bits per heavy atom. The smallest absolute Gasteiger partial charge is 0.338 e. The summed E-state index contributed by atoms with van der Waals surface area (Å²) in [5, 5.41) is 1.90. The molecule has 0 radical (unpaired) electrons. The van der Waals surface area contributed by atoms with Crippen molar-refractivity contribution in [3.05, 3.63) is 95.9 Å². The minimum Gasteiger partial charge on any atom is -0.496 e. The highest BCUT2D eigenvalue weighted by molar-refractivity contribution is 7.07. The molecule has 2 aromatic heterocycles. The van der Waals surface area contributed by atoms with Gasteiger partial charge in [0.2, 0.25) is 0 Å². The molecule has 0 amide bonds. The molecule has 202 valence electrons. The number of fused-ring (bicyclic) bond motifs is 2. The number of ether oxygens (including phenoxy) is 2. The number of hydrogen-bond acceptors (Lipinski definition) is 6. The number of benzene rings is 2. The van der Waals surface area contributed by atoms with Crippen LogP contribution in [-0.4, -0.2) is 28.8 Å². The normalized spacial score (nSPS) is 15.4. The van der Waals surface area contributed by atoms with E-state index in [1.807, 2.05) is 63.4 Å². The monoisotopic (exact) mass is 543 g/mol. The molecule has 0 saturated heterocycles. The van der Waals surface area contributed by atoms with E-state index in [1.54, 1.807) is 18.6 Å². The molecule has 39 heavy (non-hydrogen) atoms. The predicted molar refractivity (Wildman–Crippen MR) is 155 cm³/mol. The number of nitrogens with zero attached hydrogens (tertiary/aromatic N) is 3. The summed E-state index contributed by atoms with van der Waals surface area (Å²) in [7, 11) is 3.62. The molecular formula is C31H33N3O4S. The summed E-state index contributed by atoms with van der Waals surface area (Å²) < 4.78 is 15.7. The van der Waals surface area contributed by atoms with Gasteiger partial charge >= 0.3 is 5.97 Å². The summed E-state index contributed by atoms with van der Waals surface area (Å²) in [6.07, 6.45) is 3.30. The van der Waals surface area contributed by atoms with Crippen LogP contribution in [0.15, 0.2) is 63.5 Å². The van der Waals surface area contributed by atoms with Gasteiger partial charge in [0.15, 0.2) is 4.80 Å². The second-order valence-corrected chi connectivity index (χ2v) is 10.7. The first kappa shape index (κ1) is 26.7. The fourth-order valence-corrected chi connectivity index (χ4v) is 6.31. The van der Waals surface area contributed by atoms with Crippen LogP contribution < -0.4 is 19.6 Å². The zero-order chi connectivity index (χ0) is 27.8. The molecule has 2 aromatic carbocycles. The van der Waals surface area contributed by atoms with Crippen molar-refractivity contribution in [1.29, 1.82) is 0 Å². The van der Waals surface area contributed by atoms with E-state index in [0.29, 0.717) is 32.8 Å². The van der Waals surface area contributed by atoms with Crippen LogP contribution in [0.5, 0.6) is 5.75 Å². The highest BCUT2D eigenvalue weighted by Gasteiger charge is 2.37. The lowest BCUT2D eigenvalue weighted by atomic mass is 9.90. The Balaban J connectivity index is 1.89. The molecular weight excluding hydrogens is 510 g/mol. The molecule has 0 fully saturated rings. The number of carbonyl (C=O) groups excluding carboxylic acids is 1. The van der Waals surface area contributed by atoms with Crippen molar-refractivity contribution in [3.63, 3.8) is 0 Å². The first-order valence-electron chi connectivity index (χ1n) is 13.2. The van der Waals surface area contributed by atoms with E-state index in [9.17, 15) is 9.59 Å². The van der Waals surface area contributed by atoms with Crippen molar-refractivity contribution >= 4 is 34.2 Å². The number of aryl methyl sites for hydroxylation is 1. The van der Waals surface area contributed by atoms with E-state index in [4.69, 9.17) is 14.5 Å². The average molecular weight is 544 g/mol. The summed E-state index contributed by atoms with van der Waals surface area (Å²) >= 11 is 1.35. The van der Waals surface area contributed by atoms with Gasteiger partial charge in [0.1, 0.15) is 11.8 Å². The molecule has 3 heterocycles. The minimum absolute atomic E-state index is 0.197. The van der Waals surface area contributed by atoms with Gasteiger partial charge in [0, 0.05) is 24.0 Å². The molecule has 1 aliphatic rings. The quantitative estimate of drug-likeness (QED) is 0.317. The second kappa shape index (κ2) is 10.7. The van der Waals surface area contributed by atoms with Gasteiger partial charge in [-0.25, -0.2) is 9.79 Å². The maximum Gasteiger partial charge on any atom is 0.338 e. The van der Waals surface area contributed by atoms with E-state index in [2.05, 4.69) is 17.6 Å². The lowest BCUT2D eigenvalue weighted by Gasteiger charge is -2.28. The molecule has 5 rings (SSSR count). The maximum atomic E-state index is 14.2. The first-order chi connectivity index (χ1) is 18.8. The standard InChI is InChI=1S/C31H33N3O4S/c1-7-11-23-27(30(36)38-8-2)28(26-22-13-10-9-12-20(22)14-15-24(26)37-6)34-29(35)25(39-31(34)32-23)17-21-16-18(3)33(5)19(21)4/h9-10,12-17,28H,7-8,11H2,1-6H3/b25-17+/t28-/m1/s1. The Kier molecular flexibility index (Phi) is 7.32. The molecule has 1 aliphatic heterocycles. The minimum atomic E-state index is -0.747. The van der Waals surface area contributed by atoms with Crippen LogP contribution in [-0.2, 0) is 16.6 Å². The van der Waals surface area contributed by atoms with Crippen LogP contribution in [0.4, 0.5) is 0 Å². The van der Waals surface area contributed by atoms with Crippen LogP contribution in [0.3, 0.4) is 0 Å². The Morgan fingerprint density at radius 2 is 1.92 bits per heavy atom. The van der Waals surface area contributed by atoms with Crippen molar-refractivity contribution in [1.82, 2.24) is 9.13 Å². The van der Waals surface area contributed by atoms with E-state index >= 15 is 0 Å². The lowest BCUT2D eigenvalue weighted by Crippen LogP contribution is -2.40. The average Bonchev–Trinajstić information content (AvgIpc) is 3.37.